The summed E-state index contributed by atoms with van der Waals surface area (Å²) >= 11 is 0. The summed E-state index contributed by atoms with van der Waals surface area (Å²) < 4.78 is 127. The molecule has 168 valence electrons. The highest BCUT2D eigenvalue weighted by molar-refractivity contribution is 8.40. The molecule has 1 atom stereocenters. The first-order valence-corrected chi connectivity index (χ1v) is 12.4. The van der Waals surface area contributed by atoms with Crippen LogP contribution in [0.2, 0.25) is 0 Å². The van der Waals surface area contributed by atoms with Crippen molar-refractivity contribution < 1.29 is 48.3 Å². The SMILES string of the molecule is CS(c1ccccc1)(c1ccc(O)cc1)N(S(=O)(=O)C(F)(F)F)S(=O)(=O)C(F)(F)F. The minimum absolute atomic E-state index is 0.420. The van der Waals surface area contributed by atoms with Gasteiger partial charge in [0, 0.05) is 9.79 Å². The Morgan fingerprint density at radius 2 is 1.07 bits per heavy atom. The van der Waals surface area contributed by atoms with Gasteiger partial charge in [0.15, 0.2) is 0 Å². The molecule has 0 saturated carbocycles. The van der Waals surface area contributed by atoms with Crippen molar-refractivity contribution in [3.05, 3.63) is 54.6 Å². The Labute approximate surface area is 169 Å². The fourth-order valence-electron chi connectivity index (χ4n) is 2.40. The summed E-state index contributed by atoms with van der Waals surface area (Å²) in [5.41, 5.74) is -12.7. The maximum atomic E-state index is 13.3. The van der Waals surface area contributed by atoms with Crippen LogP contribution in [0.15, 0.2) is 64.4 Å². The number of alkyl halides is 6. The molecule has 0 aliphatic rings. The molecule has 0 bridgehead atoms. The lowest BCUT2D eigenvalue weighted by Crippen LogP contribution is -2.50. The Morgan fingerprint density at radius 1 is 0.700 bits per heavy atom. The number of benzene rings is 2. The molecule has 0 spiro atoms. The van der Waals surface area contributed by atoms with E-state index in [1.54, 1.807) is 0 Å². The van der Waals surface area contributed by atoms with Crippen molar-refractivity contribution in [1.29, 1.82) is 0 Å². The molecule has 1 unspecified atom stereocenters. The monoisotopic (exact) mass is 497 g/mol. The Morgan fingerprint density at radius 3 is 1.43 bits per heavy atom. The average Bonchev–Trinajstić information content (AvgIpc) is 2.60. The van der Waals surface area contributed by atoms with E-state index in [0.29, 0.717) is 6.26 Å². The van der Waals surface area contributed by atoms with E-state index in [0.717, 1.165) is 36.4 Å². The molecule has 0 aliphatic carbocycles. The second kappa shape index (κ2) is 7.62. The van der Waals surface area contributed by atoms with Crippen molar-refractivity contribution in [1.82, 2.24) is 3.12 Å². The lowest BCUT2D eigenvalue weighted by Gasteiger charge is -2.44. The summed E-state index contributed by atoms with van der Waals surface area (Å²) in [6.07, 6.45) is 0.668. The van der Waals surface area contributed by atoms with E-state index in [1.165, 1.54) is 18.2 Å². The number of hydrogen-bond acceptors (Lipinski definition) is 5. The van der Waals surface area contributed by atoms with Crippen LogP contribution in [0.4, 0.5) is 26.3 Å². The standard InChI is InChI=1S/C15H13F6NO5S3/c1-28(12-5-3-2-4-6-12,13-9-7-11(23)8-10-13)22(29(24,25)14(16,17)18)30(26,27)15(19,20)21/h2-10,23H,1H3. The van der Waals surface area contributed by atoms with E-state index in [9.17, 15) is 48.3 Å². The van der Waals surface area contributed by atoms with E-state index >= 15 is 0 Å². The number of phenols is 1. The molecule has 6 nitrogen and oxygen atoms in total. The summed E-state index contributed by atoms with van der Waals surface area (Å²) in [6, 6.07) is 9.20. The molecule has 2 aromatic carbocycles. The van der Waals surface area contributed by atoms with E-state index < -0.39 is 59.9 Å². The summed E-state index contributed by atoms with van der Waals surface area (Å²) in [6.45, 7) is 0. The number of nitrogens with zero attached hydrogens (tertiary/aromatic N) is 1. The van der Waals surface area contributed by atoms with Crippen LogP contribution in [0.3, 0.4) is 0 Å². The zero-order chi connectivity index (χ0) is 23.2. The number of aromatic hydroxyl groups is 1. The molecule has 0 aromatic heterocycles. The van der Waals surface area contributed by atoms with Crippen molar-refractivity contribution in [3.8, 4) is 5.75 Å². The van der Waals surface area contributed by atoms with Crippen LogP contribution < -0.4 is 0 Å². The van der Waals surface area contributed by atoms with Gasteiger partial charge in [-0.1, -0.05) is 18.2 Å². The van der Waals surface area contributed by atoms with Gasteiger partial charge in [-0.3, -0.25) is 0 Å². The third-order valence-electron chi connectivity index (χ3n) is 3.77. The Bertz CT molecular complexity index is 1070. The van der Waals surface area contributed by atoms with Crippen molar-refractivity contribution in [2.75, 3.05) is 6.26 Å². The summed E-state index contributed by atoms with van der Waals surface area (Å²) in [5.74, 6) is -0.433. The largest absolute Gasteiger partial charge is 0.513 e. The minimum atomic E-state index is -7.04. The fraction of sp³-hybridized carbons (Fsp3) is 0.200. The predicted molar refractivity (Wildman–Crippen MR) is 96.4 cm³/mol. The molecule has 0 fully saturated rings. The zero-order valence-corrected chi connectivity index (χ0v) is 17.2. The van der Waals surface area contributed by atoms with Gasteiger partial charge in [-0.05, 0) is 45.8 Å². The van der Waals surface area contributed by atoms with Gasteiger partial charge in [-0.15, -0.1) is 10.2 Å². The molecule has 2 aromatic rings. The lowest BCUT2D eigenvalue weighted by molar-refractivity contribution is -0.0505. The van der Waals surface area contributed by atoms with E-state index in [-0.39, 0.29) is 0 Å². The molecular weight excluding hydrogens is 484 g/mol. The number of hydrogen-bond donors (Lipinski definition) is 1. The average molecular weight is 497 g/mol. The Balaban J connectivity index is 3.07. The van der Waals surface area contributed by atoms with Gasteiger partial charge in [0.1, 0.15) is 5.75 Å². The van der Waals surface area contributed by atoms with Gasteiger partial charge in [-0.2, -0.15) is 26.3 Å². The van der Waals surface area contributed by atoms with Gasteiger partial charge in [-0.25, -0.2) is 16.8 Å². The second-order valence-electron chi connectivity index (χ2n) is 5.75. The first-order valence-electron chi connectivity index (χ1n) is 7.53. The van der Waals surface area contributed by atoms with Crippen LogP contribution in [-0.4, -0.2) is 42.3 Å². The molecule has 0 saturated heterocycles. The molecule has 2 rings (SSSR count). The molecule has 0 amide bonds. The molecule has 15 heteroatoms. The highest BCUT2D eigenvalue weighted by Crippen LogP contribution is 2.66. The lowest BCUT2D eigenvalue weighted by atomic mass is 10.3. The van der Waals surface area contributed by atoms with Gasteiger partial charge in [0.25, 0.3) is 0 Å². The summed E-state index contributed by atoms with van der Waals surface area (Å²) in [7, 11) is -18.3. The topological polar surface area (TPSA) is 91.8 Å². The van der Waals surface area contributed by atoms with E-state index in [1.807, 2.05) is 0 Å². The quantitative estimate of drug-likeness (QED) is 0.627. The van der Waals surface area contributed by atoms with Gasteiger partial charge in [0.2, 0.25) is 0 Å². The molecular formula is C15H13F6NO5S3. The van der Waals surface area contributed by atoms with Crippen LogP contribution in [0.5, 0.6) is 5.75 Å². The van der Waals surface area contributed by atoms with Crippen molar-refractivity contribution in [2.24, 2.45) is 0 Å². The van der Waals surface area contributed by atoms with Crippen LogP contribution in [0.25, 0.3) is 0 Å². The maximum absolute atomic E-state index is 13.3. The highest BCUT2D eigenvalue weighted by Gasteiger charge is 2.66. The maximum Gasteiger partial charge on any atom is 0.513 e. The zero-order valence-electron chi connectivity index (χ0n) is 14.7. The molecule has 0 heterocycles. The van der Waals surface area contributed by atoms with Crippen LogP contribution in [0.1, 0.15) is 0 Å². The Kier molecular flexibility index (Phi) is 6.17. The van der Waals surface area contributed by atoms with Gasteiger partial charge in [0.05, 0.1) is 0 Å². The van der Waals surface area contributed by atoms with Crippen LogP contribution >= 0.6 is 10.2 Å². The number of rotatable bonds is 5. The molecule has 0 radical (unpaired) electrons. The molecule has 30 heavy (non-hydrogen) atoms. The molecule has 1 N–H and O–H groups in total. The van der Waals surface area contributed by atoms with Gasteiger partial charge >= 0.3 is 31.1 Å². The van der Waals surface area contributed by atoms with Gasteiger partial charge < -0.3 is 5.11 Å². The second-order valence-corrected chi connectivity index (χ2v) is 13.1. The number of sulfonamides is 2. The highest BCUT2D eigenvalue weighted by atomic mass is 32.4. The van der Waals surface area contributed by atoms with Crippen molar-refractivity contribution in [2.45, 2.75) is 20.8 Å². The van der Waals surface area contributed by atoms with Crippen LogP contribution in [-0.2, 0) is 20.0 Å². The smallest absolute Gasteiger partial charge is 0.508 e. The summed E-state index contributed by atoms with van der Waals surface area (Å²) in [4.78, 5) is -0.913. The Hall–Kier alpha value is -1.97. The first kappa shape index (κ1) is 24.3. The minimum Gasteiger partial charge on any atom is -0.508 e. The van der Waals surface area contributed by atoms with E-state index in [4.69, 9.17) is 0 Å². The van der Waals surface area contributed by atoms with Crippen molar-refractivity contribution in [3.63, 3.8) is 0 Å². The normalized spacial score (nSPS) is 16.8. The van der Waals surface area contributed by atoms with E-state index in [2.05, 4.69) is 0 Å². The fourth-order valence-corrected chi connectivity index (χ4v) is 10.9. The number of phenolic OH excluding ortho intramolecular Hbond substituents is 1. The third kappa shape index (κ3) is 3.98. The number of halogens is 6. The molecule has 0 aliphatic heterocycles. The van der Waals surface area contributed by atoms with Crippen LogP contribution in [0, 0.1) is 0 Å². The first-order chi connectivity index (χ1) is 13.5. The van der Waals surface area contributed by atoms with Crippen molar-refractivity contribution >= 4 is 30.3 Å². The predicted octanol–water partition coefficient (Wildman–Crippen LogP) is 4.16. The third-order valence-corrected chi connectivity index (χ3v) is 12.8. The summed E-state index contributed by atoms with van der Waals surface area (Å²) in [5, 5.41) is 9.41.